The number of rotatable bonds is 18. The van der Waals surface area contributed by atoms with E-state index < -0.39 is 0 Å². The van der Waals surface area contributed by atoms with Gasteiger partial charge in [0.25, 0.3) is 0 Å². The van der Waals surface area contributed by atoms with Crippen LogP contribution < -0.4 is 0 Å². The lowest BCUT2D eigenvalue weighted by atomic mass is 10.0. The third-order valence-electron chi connectivity index (χ3n) is 5.50. The quantitative estimate of drug-likeness (QED) is 0.271. The zero-order valence-corrected chi connectivity index (χ0v) is 17.6. The normalized spacial score (nSPS) is 18.9. The van der Waals surface area contributed by atoms with Crippen LogP contribution in [0.1, 0.15) is 122 Å². The summed E-state index contributed by atoms with van der Waals surface area (Å²) in [6.45, 7) is 3.52. The predicted octanol–water partition coefficient (Wildman–Crippen LogP) is 6.76. The molecule has 1 aliphatic rings. The molecular formula is C23H46O3. The molecule has 0 aromatic heterocycles. The Morgan fingerprint density at radius 1 is 0.808 bits per heavy atom. The largest absolute Gasteiger partial charge is 0.391 e. The van der Waals surface area contributed by atoms with E-state index in [1.165, 1.54) is 89.9 Å². The Balaban J connectivity index is 1.73. The molecule has 156 valence electrons. The van der Waals surface area contributed by atoms with Gasteiger partial charge in [0.15, 0.2) is 6.29 Å². The van der Waals surface area contributed by atoms with E-state index in [-0.39, 0.29) is 12.4 Å². The van der Waals surface area contributed by atoms with Crippen molar-refractivity contribution in [2.75, 3.05) is 13.2 Å². The van der Waals surface area contributed by atoms with Crippen LogP contribution in [0.25, 0.3) is 0 Å². The van der Waals surface area contributed by atoms with Gasteiger partial charge in [0.05, 0.1) is 12.7 Å². The number of hydrogen-bond donors (Lipinski definition) is 1. The van der Waals surface area contributed by atoms with E-state index in [4.69, 9.17) is 9.47 Å². The molecule has 1 fully saturated rings. The maximum absolute atomic E-state index is 9.99. The molecule has 0 spiro atoms. The molecule has 3 heteroatoms. The molecule has 0 aromatic carbocycles. The molecule has 0 aliphatic carbocycles. The summed E-state index contributed by atoms with van der Waals surface area (Å²) >= 11 is 0. The smallest absolute Gasteiger partial charge is 0.157 e. The van der Waals surface area contributed by atoms with Crippen LogP contribution in [0, 0.1) is 0 Å². The fourth-order valence-electron chi connectivity index (χ4n) is 3.72. The summed E-state index contributed by atoms with van der Waals surface area (Å²) < 4.78 is 11.2. The summed E-state index contributed by atoms with van der Waals surface area (Å²) in [6, 6.07) is 0. The molecule has 1 aliphatic heterocycles. The molecule has 1 N–H and O–H groups in total. The van der Waals surface area contributed by atoms with Crippen molar-refractivity contribution in [3.05, 3.63) is 0 Å². The summed E-state index contributed by atoms with van der Waals surface area (Å²) in [5.41, 5.74) is 0. The average Bonchev–Trinajstić information content (AvgIpc) is 2.67. The van der Waals surface area contributed by atoms with Crippen molar-refractivity contribution in [1.29, 1.82) is 0 Å². The second-order valence-corrected chi connectivity index (χ2v) is 8.17. The second kappa shape index (κ2) is 18.3. The fraction of sp³-hybridized carbons (Fsp3) is 1.00. The molecule has 0 saturated carbocycles. The van der Waals surface area contributed by atoms with Gasteiger partial charge in [-0.25, -0.2) is 0 Å². The number of aliphatic hydroxyl groups excluding tert-OH is 1. The third-order valence-corrected chi connectivity index (χ3v) is 5.50. The van der Waals surface area contributed by atoms with E-state index in [1.54, 1.807) is 0 Å². The summed E-state index contributed by atoms with van der Waals surface area (Å²) in [6.07, 6.45) is 23.0. The minimum atomic E-state index is -0.321. The van der Waals surface area contributed by atoms with Gasteiger partial charge in [-0.15, -0.1) is 0 Å². The van der Waals surface area contributed by atoms with E-state index in [2.05, 4.69) is 6.92 Å². The molecule has 1 rings (SSSR count). The fourth-order valence-corrected chi connectivity index (χ4v) is 3.72. The first-order valence-electron chi connectivity index (χ1n) is 11.7. The van der Waals surface area contributed by atoms with Gasteiger partial charge in [0.2, 0.25) is 0 Å². The van der Waals surface area contributed by atoms with Gasteiger partial charge >= 0.3 is 0 Å². The number of ether oxygens (including phenoxy) is 2. The van der Waals surface area contributed by atoms with Crippen LogP contribution in [0.3, 0.4) is 0 Å². The highest BCUT2D eigenvalue weighted by atomic mass is 16.7. The average molecular weight is 371 g/mol. The van der Waals surface area contributed by atoms with Crippen LogP contribution in [0.4, 0.5) is 0 Å². The molecule has 26 heavy (non-hydrogen) atoms. The number of aliphatic hydroxyl groups is 1. The van der Waals surface area contributed by atoms with E-state index >= 15 is 0 Å². The number of unbranched alkanes of at least 4 members (excludes halogenated alkanes) is 13. The van der Waals surface area contributed by atoms with E-state index in [1.807, 2.05) is 0 Å². The van der Waals surface area contributed by atoms with Crippen molar-refractivity contribution in [2.24, 2.45) is 0 Å². The molecule has 2 atom stereocenters. The van der Waals surface area contributed by atoms with Crippen LogP contribution in [-0.2, 0) is 9.47 Å². The SMILES string of the molecule is CCCCCCCCCCCCCCCCC(O)COC1CCCCO1. The molecule has 3 nitrogen and oxygen atoms in total. The first kappa shape index (κ1) is 23.9. The molecular weight excluding hydrogens is 324 g/mol. The van der Waals surface area contributed by atoms with Gasteiger partial charge in [-0.2, -0.15) is 0 Å². The van der Waals surface area contributed by atoms with Crippen molar-refractivity contribution < 1.29 is 14.6 Å². The molecule has 0 radical (unpaired) electrons. The first-order valence-corrected chi connectivity index (χ1v) is 11.7. The van der Waals surface area contributed by atoms with Gasteiger partial charge in [-0.05, 0) is 25.7 Å². The van der Waals surface area contributed by atoms with Crippen molar-refractivity contribution in [2.45, 2.75) is 135 Å². The van der Waals surface area contributed by atoms with Gasteiger partial charge in [0, 0.05) is 6.61 Å². The molecule has 0 bridgehead atoms. The summed E-state index contributed by atoms with van der Waals surface area (Å²) in [4.78, 5) is 0. The Kier molecular flexibility index (Phi) is 16.8. The Hall–Kier alpha value is -0.120. The summed E-state index contributed by atoms with van der Waals surface area (Å²) in [5.74, 6) is 0. The second-order valence-electron chi connectivity index (χ2n) is 8.17. The van der Waals surface area contributed by atoms with E-state index in [0.717, 1.165) is 32.3 Å². The van der Waals surface area contributed by atoms with Crippen LogP contribution in [0.15, 0.2) is 0 Å². The maximum atomic E-state index is 9.99. The Morgan fingerprint density at radius 3 is 1.85 bits per heavy atom. The highest BCUT2D eigenvalue weighted by Crippen LogP contribution is 2.16. The standard InChI is InChI=1S/C23H46O3/c1-2-3-4-5-6-7-8-9-10-11-12-13-14-15-18-22(24)21-26-23-19-16-17-20-25-23/h22-24H,2-21H2,1H3. The minimum absolute atomic E-state index is 0.0743. The van der Waals surface area contributed by atoms with Crippen molar-refractivity contribution in [1.82, 2.24) is 0 Å². The third kappa shape index (κ3) is 15.0. The van der Waals surface area contributed by atoms with Gasteiger partial charge in [0.1, 0.15) is 0 Å². The minimum Gasteiger partial charge on any atom is -0.391 e. The zero-order valence-electron chi connectivity index (χ0n) is 17.6. The Bertz CT molecular complexity index is 277. The lowest BCUT2D eigenvalue weighted by Gasteiger charge is -2.23. The van der Waals surface area contributed by atoms with Gasteiger partial charge < -0.3 is 14.6 Å². The molecule has 1 saturated heterocycles. The van der Waals surface area contributed by atoms with Crippen molar-refractivity contribution >= 4 is 0 Å². The summed E-state index contributed by atoms with van der Waals surface area (Å²) in [7, 11) is 0. The van der Waals surface area contributed by atoms with E-state index in [9.17, 15) is 5.11 Å². The maximum Gasteiger partial charge on any atom is 0.157 e. The van der Waals surface area contributed by atoms with Crippen molar-refractivity contribution in [3.63, 3.8) is 0 Å². The van der Waals surface area contributed by atoms with Gasteiger partial charge in [-0.1, -0.05) is 96.8 Å². The van der Waals surface area contributed by atoms with Crippen LogP contribution in [-0.4, -0.2) is 30.7 Å². The van der Waals surface area contributed by atoms with Crippen molar-refractivity contribution in [3.8, 4) is 0 Å². The van der Waals surface area contributed by atoms with E-state index in [0.29, 0.717) is 6.61 Å². The molecule has 0 amide bonds. The van der Waals surface area contributed by atoms with Crippen LogP contribution >= 0.6 is 0 Å². The number of hydrogen-bond acceptors (Lipinski definition) is 3. The zero-order chi connectivity index (χ0) is 18.7. The Morgan fingerprint density at radius 2 is 1.35 bits per heavy atom. The topological polar surface area (TPSA) is 38.7 Å². The predicted molar refractivity (Wildman–Crippen MR) is 110 cm³/mol. The lowest BCUT2D eigenvalue weighted by molar-refractivity contribution is -0.175. The lowest BCUT2D eigenvalue weighted by Crippen LogP contribution is -2.26. The molecule has 1 heterocycles. The highest BCUT2D eigenvalue weighted by Gasteiger charge is 2.15. The molecule has 2 unspecified atom stereocenters. The first-order chi connectivity index (χ1) is 12.8. The monoisotopic (exact) mass is 370 g/mol. The van der Waals surface area contributed by atoms with Crippen LogP contribution in [0.2, 0.25) is 0 Å². The Labute approximate surface area is 163 Å². The highest BCUT2D eigenvalue weighted by molar-refractivity contribution is 4.59. The van der Waals surface area contributed by atoms with Gasteiger partial charge in [-0.3, -0.25) is 0 Å². The summed E-state index contributed by atoms with van der Waals surface area (Å²) in [5, 5.41) is 9.99. The molecule has 0 aromatic rings. The van der Waals surface area contributed by atoms with Crippen LogP contribution in [0.5, 0.6) is 0 Å².